The lowest BCUT2D eigenvalue weighted by atomic mass is 10.1. The fraction of sp³-hybridized carbons (Fsp3) is 0.632. The lowest BCUT2D eigenvalue weighted by molar-refractivity contribution is 0.136. The van der Waals surface area contributed by atoms with E-state index in [2.05, 4.69) is 22.5 Å². The van der Waals surface area contributed by atoms with Crippen LogP contribution in [0.5, 0.6) is 11.5 Å². The first-order chi connectivity index (χ1) is 12.1. The molecule has 0 spiro atoms. The number of rotatable bonds is 7. The van der Waals surface area contributed by atoms with Crippen molar-refractivity contribution in [1.82, 2.24) is 10.6 Å². The second kappa shape index (κ2) is 9.51. The molecule has 3 N–H and O–H groups in total. The van der Waals surface area contributed by atoms with E-state index in [1.165, 1.54) is 0 Å². The standard InChI is InChI=1S/C19H31N3O3/c1-5-20-19(21-12-14-7-6-8-17(14)23)22-13(2)16-11-15(24-3)9-10-18(16)25-4/h9-11,13-14,17,23H,5-8,12H2,1-4H3,(H2,20,21,22). The molecule has 0 radical (unpaired) electrons. The number of nitrogens with one attached hydrogen (secondary N) is 2. The molecular weight excluding hydrogens is 318 g/mol. The van der Waals surface area contributed by atoms with Crippen LogP contribution >= 0.6 is 0 Å². The van der Waals surface area contributed by atoms with E-state index in [4.69, 9.17) is 9.47 Å². The number of benzene rings is 1. The maximum absolute atomic E-state index is 9.98. The smallest absolute Gasteiger partial charge is 0.191 e. The number of hydrogen-bond donors (Lipinski definition) is 3. The van der Waals surface area contributed by atoms with E-state index in [0.717, 1.165) is 48.8 Å². The van der Waals surface area contributed by atoms with Crippen LogP contribution in [-0.2, 0) is 0 Å². The summed E-state index contributed by atoms with van der Waals surface area (Å²) in [6, 6.07) is 5.76. The normalized spacial score (nSPS) is 21.7. The molecule has 0 bridgehead atoms. The molecule has 0 saturated heterocycles. The highest BCUT2D eigenvalue weighted by atomic mass is 16.5. The zero-order valence-corrected chi connectivity index (χ0v) is 15.7. The molecule has 1 aliphatic rings. The Morgan fingerprint density at radius 3 is 2.72 bits per heavy atom. The van der Waals surface area contributed by atoms with E-state index >= 15 is 0 Å². The summed E-state index contributed by atoms with van der Waals surface area (Å²) in [5.74, 6) is 2.61. The number of methoxy groups -OCH3 is 2. The molecule has 3 atom stereocenters. The van der Waals surface area contributed by atoms with Crippen LogP contribution in [0.3, 0.4) is 0 Å². The van der Waals surface area contributed by atoms with Crippen molar-refractivity contribution in [2.45, 2.75) is 45.3 Å². The maximum atomic E-state index is 9.98. The van der Waals surface area contributed by atoms with Gasteiger partial charge in [0.15, 0.2) is 5.96 Å². The van der Waals surface area contributed by atoms with Crippen molar-refractivity contribution in [2.24, 2.45) is 10.9 Å². The minimum atomic E-state index is -0.220. The van der Waals surface area contributed by atoms with Gasteiger partial charge in [0.2, 0.25) is 0 Å². The Balaban J connectivity index is 2.10. The van der Waals surface area contributed by atoms with Crippen molar-refractivity contribution in [1.29, 1.82) is 0 Å². The van der Waals surface area contributed by atoms with Crippen molar-refractivity contribution in [3.8, 4) is 11.5 Å². The van der Waals surface area contributed by atoms with E-state index < -0.39 is 0 Å². The fourth-order valence-corrected chi connectivity index (χ4v) is 3.22. The van der Waals surface area contributed by atoms with Crippen molar-refractivity contribution in [3.05, 3.63) is 23.8 Å². The topological polar surface area (TPSA) is 75.1 Å². The lowest BCUT2D eigenvalue weighted by Crippen LogP contribution is -2.39. The molecule has 6 nitrogen and oxygen atoms in total. The zero-order chi connectivity index (χ0) is 18.2. The molecule has 1 aliphatic carbocycles. The van der Waals surface area contributed by atoms with Crippen LogP contribution < -0.4 is 20.1 Å². The number of aliphatic hydroxyl groups excluding tert-OH is 1. The molecule has 0 aromatic heterocycles. The molecule has 25 heavy (non-hydrogen) atoms. The molecule has 0 amide bonds. The molecular formula is C19H31N3O3. The first kappa shape index (κ1) is 19.4. The molecule has 3 unspecified atom stereocenters. The van der Waals surface area contributed by atoms with Gasteiger partial charge in [-0.15, -0.1) is 0 Å². The molecule has 6 heteroatoms. The molecule has 1 aromatic carbocycles. The zero-order valence-electron chi connectivity index (χ0n) is 15.7. The van der Waals surface area contributed by atoms with E-state index in [-0.39, 0.29) is 18.1 Å². The third-order valence-electron chi connectivity index (χ3n) is 4.70. The quantitative estimate of drug-likeness (QED) is 0.521. The number of nitrogens with zero attached hydrogens (tertiary/aromatic N) is 1. The van der Waals surface area contributed by atoms with Crippen LogP contribution in [0.15, 0.2) is 23.2 Å². The summed E-state index contributed by atoms with van der Waals surface area (Å²) < 4.78 is 10.8. The summed E-state index contributed by atoms with van der Waals surface area (Å²) in [4.78, 5) is 4.67. The minimum Gasteiger partial charge on any atom is -0.497 e. The fourth-order valence-electron chi connectivity index (χ4n) is 3.22. The summed E-state index contributed by atoms with van der Waals surface area (Å²) in [7, 11) is 3.32. The van der Waals surface area contributed by atoms with Crippen molar-refractivity contribution in [2.75, 3.05) is 27.3 Å². The Kier molecular flexibility index (Phi) is 7.37. The third kappa shape index (κ3) is 5.26. The van der Waals surface area contributed by atoms with Gasteiger partial charge in [-0.05, 0) is 44.9 Å². The van der Waals surface area contributed by atoms with Crippen LogP contribution in [0.1, 0.15) is 44.7 Å². The van der Waals surface area contributed by atoms with Gasteiger partial charge in [-0.25, -0.2) is 0 Å². The maximum Gasteiger partial charge on any atom is 0.191 e. The van der Waals surface area contributed by atoms with Gasteiger partial charge >= 0.3 is 0 Å². The Bertz CT molecular complexity index is 577. The van der Waals surface area contributed by atoms with Crippen LogP contribution in [-0.4, -0.2) is 44.5 Å². The number of hydrogen-bond acceptors (Lipinski definition) is 4. The Hall–Kier alpha value is -1.95. The highest BCUT2D eigenvalue weighted by molar-refractivity contribution is 5.80. The van der Waals surface area contributed by atoms with Crippen molar-refractivity contribution >= 4 is 5.96 Å². The van der Waals surface area contributed by atoms with Crippen LogP contribution in [0.25, 0.3) is 0 Å². The molecule has 1 aromatic rings. The Morgan fingerprint density at radius 2 is 2.12 bits per heavy atom. The average Bonchev–Trinajstić information content (AvgIpc) is 3.04. The van der Waals surface area contributed by atoms with E-state index in [1.54, 1.807) is 14.2 Å². The van der Waals surface area contributed by atoms with Crippen molar-refractivity contribution in [3.63, 3.8) is 0 Å². The van der Waals surface area contributed by atoms with Gasteiger partial charge < -0.3 is 25.2 Å². The largest absolute Gasteiger partial charge is 0.497 e. The Morgan fingerprint density at radius 1 is 1.32 bits per heavy atom. The summed E-state index contributed by atoms with van der Waals surface area (Å²) >= 11 is 0. The summed E-state index contributed by atoms with van der Waals surface area (Å²) in [6.07, 6.45) is 2.80. The SMILES string of the molecule is CCNC(=NCC1CCCC1O)NC(C)c1cc(OC)ccc1OC. The van der Waals surface area contributed by atoms with Crippen LogP contribution in [0.4, 0.5) is 0 Å². The monoisotopic (exact) mass is 349 g/mol. The second-order valence-electron chi connectivity index (χ2n) is 6.45. The van der Waals surface area contributed by atoms with Crippen LogP contribution in [0.2, 0.25) is 0 Å². The molecule has 2 rings (SSSR count). The second-order valence-corrected chi connectivity index (χ2v) is 6.45. The predicted octanol–water partition coefficient (Wildman–Crippen LogP) is 2.48. The minimum absolute atomic E-state index is 0.00338. The van der Waals surface area contributed by atoms with Crippen LogP contribution in [0, 0.1) is 5.92 Å². The molecule has 1 saturated carbocycles. The lowest BCUT2D eigenvalue weighted by Gasteiger charge is -2.21. The number of aliphatic hydroxyl groups is 1. The van der Waals surface area contributed by atoms with Gasteiger partial charge in [-0.1, -0.05) is 6.42 Å². The number of guanidine groups is 1. The first-order valence-corrected chi connectivity index (χ1v) is 9.03. The van der Waals surface area contributed by atoms with Gasteiger partial charge in [-0.3, -0.25) is 4.99 Å². The number of aliphatic imine (C=N–C) groups is 1. The molecule has 0 aliphatic heterocycles. The number of ether oxygens (including phenoxy) is 2. The third-order valence-corrected chi connectivity index (χ3v) is 4.70. The highest BCUT2D eigenvalue weighted by Gasteiger charge is 2.25. The van der Waals surface area contributed by atoms with E-state index in [9.17, 15) is 5.11 Å². The summed E-state index contributed by atoms with van der Waals surface area (Å²) in [5.41, 5.74) is 1.01. The molecule has 1 fully saturated rings. The first-order valence-electron chi connectivity index (χ1n) is 9.03. The summed E-state index contributed by atoms with van der Waals surface area (Å²) in [5, 5.41) is 16.7. The van der Waals surface area contributed by atoms with Gasteiger partial charge in [0.25, 0.3) is 0 Å². The molecule has 0 heterocycles. The van der Waals surface area contributed by atoms with Gasteiger partial charge in [0, 0.05) is 24.6 Å². The average molecular weight is 349 g/mol. The predicted molar refractivity (Wildman–Crippen MR) is 100 cm³/mol. The highest BCUT2D eigenvalue weighted by Crippen LogP contribution is 2.29. The van der Waals surface area contributed by atoms with Gasteiger partial charge in [0.05, 0.1) is 26.4 Å². The van der Waals surface area contributed by atoms with Gasteiger partial charge in [0.1, 0.15) is 11.5 Å². The Labute approximate surface area is 150 Å². The van der Waals surface area contributed by atoms with Gasteiger partial charge in [-0.2, -0.15) is 0 Å². The molecule has 140 valence electrons. The van der Waals surface area contributed by atoms with E-state index in [0.29, 0.717) is 6.54 Å². The van der Waals surface area contributed by atoms with Crippen molar-refractivity contribution < 1.29 is 14.6 Å². The van der Waals surface area contributed by atoms with E-state index in [1.807, 2.05) is 25.1 Å². The summed E-state index contributed by atoms with van der Waals surface area (Å²) in [6.45, 7) is 5.52.